The average Bonchev–Trinajstić information content (AvgIpc) is 3.03. The van der Waals surface area contributed by atoms with Crippen LogP contribution in [0.5, 0.6) is 0 Å². The number of hydrogen-bond donors (Lipinski definition) is 1. The van der Waals surface area contributed by atoms with Crippen LogP contribution < -0.4 is 10.2 Å². The van der Waals surface area contributed by atoms with Crippen molar-refractivity contribution in [1.29, 1.82) is 0 Å². The zero-order valence-electron chi connectivity index (χ0n) is 23.7. The largest absolute Gasteiger partial charge is 0.467 e. The Morgan fingerprint density at radius 3 is 2.50 bits per heavy atom. The first-order valence-electron chi connectivity index (χ1n) is 14.0. The van der Waals surface area contributed by atoms with E-state index in [1.165, 1.54) is 25.3 Å². The number of nitrogens with one attached hydrogen (secondary N) is 1. The van der Waals surface area contributed by atoms with Crippen molar-refractivity contribution in [2.75, 3.05) is 25.1 Å². The molecule has 0 bridgehead atoms. The number of hydrogen-bond acceptors (Lipinski definition) is 6. The molecule has 9 nitrogen and oxygen atoms in total. The van der Waals surface area contributed by atoms with Gasteiger partial charge >= 0.3 is 12.0 Å². The van der Waals surface area contributed by atoms with E-state index in [0.717, 1.165) is 11.1 Å². The van der Waals surface area contributed by atoms with Gasteiger partial charge in [-0.1, -0.05) is 44.0 Å². The number of carbonyl (C=O) groups is 3. The molecule has 2 aliphatic rings. The number of β-lactam (4-membered cyclic amide) rings is 1. The predicted molar refractivity (Wildman–Crippen MR) is 156 cm³/mol. The maximum atomic E-state index is 14.0. The maximum absolute atomic E-state index is 14.0. The van der Waals surface area contributed by atoms with Crippen LogP contribution in [0.1, 0.15) is 44.8 Å². The molecule has 42 heavy (non-hydrogen) atoms. The smallest absolute Gasteiger partial charge is 0.328 e. The first-order valence-corrected chi connectivity index (χ1v) is 14.4. The van der Waals surface area contributed by atoms with E-state index in [2.05, 4.69) is 10.3 Å². The third-order valence-electron chi connectivity index (χ3n) is 8.56. The molecule has 4 heterocycles. The van der Waals surface area contributed by atoms with Crippen molar-refractivity contribution in [3.63, 3.8) is 0 Å². The summed E-state index contributed by atoms with van der Waals surface area (Å²) in [4.78, 5) is 51.5. The second-order valence-electron chi connectivity index (χ2n) is 10.9. The lowest BCUT2D eigenvalue weighted by Crippen LogP contribution is -2.67. The van der Waals surface area contributed by atoms with Crippen molar-refractivity contribution in [3.05, 3.63) is 77.6 Å². The number of aromatic nitrogens is 2. The quantitative estimate of drug-likeness (QED) is 0.290. The van der Waals surface area contributed by atoms with Crippen molar-refractivity contribution in [1.82, 2.24) is 20.2 Å². The van der Waals surface area contributed by atoms with Gasteiger partial charge < -0.3 is 19.9 Å². The number of carbonyl (C=O) groups excluding carboxylic acids is 3. The van der Waals surface area contributed by atoms with Crippen LogP contribution in [-0.2, 0) is 14.3 Å². The van der Waals surface area contributed by atoms with Gasteiger partial charge in [-0.05, 0) is 49.1 Å². The molecule has 11 heteroatoms. The molecule has 220 valence electrons. The minimum absolute atomic E-state index is 0.0761. The van der Waals surface area contributed by atoms with E-state index in [4.69, 9.17) is 21.3 Å². The number of esters is 1. The second-order valence-corrected chi connectivity index (χ2v) is 11.3. The van der Waals surface area contributed by atoms with Gasteiger partial charge in [-0.2, -0.15) is 0 Å². The van der Waals surface area contributed by atoms with Crippen molar-refractivity contribution in [2.24, 2.45) is 11.3 Å². The highest BCUT2D eigenvalue weighted by Crippen LogP contribution is 2.57. The Labute approximate surface area is 249 Å². The Hall–Kier alpha value is -4.05. The third kappa shape index (κ3) is 5.31. The molecule has 1 aromatic carbocycles. The normalized spacial score (nSPS) is 19.2. The lowest BCUT2D eigenvalue weighted by Gasteiger charge is -2.58. The molecule has 2 aromatic heterocycles. The second kappa shape index (κ2) is 12.1. The van der Waals surface area contributed by atoms with E-state index in [1.807, 2.05) is 38.1 Å². The molecule has 3 unspecified atom stereocenters. The third-order valence-corrected chi connectivity index (χ3v) is 8.85. The van der Waals surface area contributed by atoms with Crippen molar-refractivity contribution < 1.29 is 23.5 Å². The topological polar surface area (TPSA) is 105 Å². The Morgan fingerprint density at radius 1 is 1.17 bits per heavy atom. The van der Waals surface area contributed by atoms with Gasteiger partial charge in [0.15, 0.2) is 0 Å². The van der Waals surface area contributed by atoms with E-state index in [-0.39, 0.29) is 22.9 Å². The molecular weight excluding hydrogens is 561 g/mol. The number of halogens is 2. The molecule has 1 spiro atoms. The van der Waals surface area contributed by atoms with Crippen molar-refractivity contribution in [2.45, 2.75) is 45.2 Å². The standard InChI is InChI=1S/C31H33ClFN5O4/c1-4-19(2)26(28(39)42-3)36-30(41)37-14-11-31(12-15-37)27(38(29(31)40)22-8-9-24(33)23(32)16-22)25-10-7-21(18-35-25)20-6-5-13-34-17-20/h5-10,13,16-19,26-27H,4,11-12,14-15H2,1-3H3,(H,36,41). The molecule has 3 aromatic rings. The first-order chi connectivity index (χ1) is 20.2. The maximum Gasteiger partial charge on any atom is 0.328 e. The molecule has 2 aliphatic heterocycles. The molecular formula is C31H33ClFN5O4. The zero-order valence-corrected chi connectivity index (χ0v) is 24.5. The van der Waals surface area contributed by atoms with Crippen LogP contribution in [-0.4, -0.2) is 59.0 Å². The number of benzene rings is 1. The highest BCUT2D eigenvalue weighted by atomic mass is 35.5. The Kier molecular flexibility index (Phi) is 8.45. The lowest BCUT2D eigenvalue weighted by atomic mass is 9.63. The number of anilines is 1. The highest BCUT2D eigenvalue weighted by molar-refractivity contribution is 6.31. The molecule has 3 amide bonds. The Morgan fingerprint density at radius 2 is 1.90 bits per heavy atom. The number of likely N-dealkylation sites (tertiary alicyclic amines) is 1. The molecule has 1 N–H and O–H groups in total. The van der Waals surface area contributed by atoms with E-state index >= 15 is 0 Å². The van der Waals surface area contributed by atoms with Gasteiger partial charge in [-0.15, -0.1) is 0 Å². The van der Waals surface area contributed by atoms with Crippen LogP contribution >= 0.6 is 11.6 Å². The van der Waals surface area contributed by atoms with Gasteiger partial charge in [0.05, 0.1) is 29.3 Å². The summed E-state index contributed by atoms with van der Waals surface area (Å²) in [6, 6.07) is 10.3. The predicted octanol–water partition coefficient (Wildman–Crippen LogP) is 5.40. The Balaban J connectivity index is 1.40. The molecule has 0 saturated carbocycles. The fourth-order valence-corrected chi connectivity index (χ4v) is 6.03. The van der Waals surface area contributed by atoms with Gasteiger partial charge in [0.1, 0.15) is 11.9 Å². The molecule has 0 aliphatic carbocycles. The summed E-state index contributed by atoms with van der Waals surface area (Å²) in [5.74, 6) is -1.29. The van der Waals surface area contributed by atoms with Gasteiger partial charge in [0.2, 0.25) is 5.91 Å². The van der Waals surface area contributed by atoms with E-state index < -0.39 is 29.3 Å². The van der Waals surface area contributed by atoms with Gasteiger partial charge in [0.25, 0.3) is 0 Å². The Bertz CT molecular complexity index is 1460. The van der Waals surface area contributed by atoms with Crippen LogP contribution in [0.3, 0.4) is 0 Å². The number of methoxy groups -OCH3 is 1. The summed E-state index contributed by atoms with van der Waals surface area (Å²) >= 11 is 6.09. The average molecular weight is 594 g/mol. The molecule has 0 radical (unpaired) electrons. The fourth-order valence-electron chi connectivity index (χ4n) is 5.86. The van der Waals surface area contributed by atoms with Crippen LogP contribution in [0.2, 0.25) is 5.02 Å². The van der Waals surface area contributed by atoms with Gasteiger partial charge in [-0.3, -0.25) is 14.8 Å². The SMILES string of the molecule is CCC(C)C(NC(=O)N1CCC2(CC1)C(=O)N(c1ccc(F)c(Cl)c1)C2c1ccc(-c2cccnc2)cn1)C(=O)OC. The minimum atomic E-state index is -0.807. The number of ether oxygens (including phenoxy) is 1. The lowest BCUT2D eigenvalue weighted by molar-refractivity contribution is -0.144. The first kappa shape index (κ1) is 29.4. The number of pyridine rings is 2. The summed E-state index contributed by atoms with van der Waals surface area (Å²) < 4.78 is 18.9. The summed E-state index contributed by atoms with van der Waals surface area (Å²) in [7, 11) is 1.30. The van der Waals surface area contributed by atoms with E-state index in [0.29, 0.717) is 43.7 Å². The fraction of sp³-hybridized carbons (Fsp3) is 0.387. The summed E-state index contributed by atoms with van der Waals surface area (Å²) in [5, 5.41) is 2.75. The number of piperidine rings is 1. The number of amides is 3. The summed E-state index contributed by atoms with van der Waals surface area (Å²) in [6.45, 7) is 4.45. The summed E-state index contributed by atoms with van der Waals surface area (Å²) in [5.41, 5.74) is 2.16. The minimum Gasteiger partial charge on any atom is -0.467 e. The van der Waals surface area contributed by atoms with E-state index in [9.17, 15) is 18.8 Å². The van der Waals surface area contributed by atoms with Gasteiger partial charge in [0, 0.05) is 48.5 Å². The van der Waals surface area contributed by atoms with Crippen LogP contribution in [0.25, 0.3) is 11.1 Å². The molecule has 2 fully saturated rings. The number of urea groups is 1. The number of nitrogens with zero attached hydrogens (tertiary/aromatic N) is 4. The number of rotatable bonds is 7. The monoisotopic (exact) mass is 593 g/mol. The van der Waals surface area contributed by atoms with Crippen LogP contribution in [0, 0.1) is 17.2 Å². The van der Waals surface area contributed by atoms with Crippen LogP contribution in [0.4, 0.5) is 14.9 Å². The highest BCUT2D eigenvalue weighted by Gasteiger charge is 2.63. The van der Waals surface area contributed by atoms with Gasteiger partial charge in [-0.25, -0.2) is 14.0 Å². The van der Waals surface area contributed by atoms with E-state index in [1.54, 1.807) is 28.4 Å². The molecule has 3 atom stereocenters. The summed E-state index contributed by atoms with van der Waals surface area (Å²) in [6.07, 6.45) is 6.69. The zero-order chi connectivity index (χ0) is 30.0. The van der Waals surface area contributed by atoms with Crippen LogP contribution in [0.15, 0.2) is 61.1 Å². The molecule has 2 saturated heterocycles. The molecule has 5 rings (SSSR count). The van der Waals surface area contributed by atoms with Crippen molar-refractivity contribution >= 4 is 35.2 Å². The van der Waals surface area contributed by atoms with Crippen molar-refractivity contribution in [3.8, 4) is 11.1 Å².